The third-order valence-electron chi connectivity index (χ3n) is 7.07. The van der Waals surface area contributed by atoms with Crippen LogP contribution in [0.5, 0.6) is 23.0 Å². The zero-order valence-corrected chi connectivity index (χ0v) is 26.3. The predicted octanol–water partition coefficient (Wildman–Crippen LogP) is 6.74. The van der Waals surface area contributed by atoms with E-state index >= 15 is 0 Å². The van der Waals surface area contributed by atoms with Gasteiger partial charge in [0.15, 0.2) is 29.8 Å². The van der Waals surface area contributed by atoms with Gasteiger partial charge in [-0.05, 0) is 96.3 Å². The Morgan fingerprint density at radius 3 is 2.02 bits per heavy atom. The highest BCUT2D eigenvalue weighted by molar-refractivity contribution is 7.90. The van der Waals surface area contributed by atoms with Crippen LogP contribution in [0.1, 0.15) is 22.4 Å². The van der Waals surface area contributed by atoms with Crippen LogP contribution in [0, 0.1) is 13.8 Å². The molecule has 0 aliphatic carbocycles. The normalized spacial score (nSPS) is 11.7. The Morgan fingerprint density at radius 1 is 0.705 bits per heavy atom. The van der Waals surface area contributed by atoms with Gasteiger partial charge in [-0.25, -0.2) is 0 Å². The van der Waals surface area contributed by atoms with Crippen molar-refractivity contribution in [3.63, 3.8) is 0 Å². The molecule has 0 bridgehead atoms. The van der Waals surface area contributed by atoms with Crippen LogP contribution in [0.2, 0.25) is 0 Å². The zero-order valence-electron chi connectivity index (χ0n) is 25.5. The van der Waals surface area contributed by atoms with Crippen LogP contribution in [0.3, 0.4) is 0 Å². The van der Waals surface area contributed by atoms with Gasteiger partial charge in [0.05, 0.1) is 37.4 Å². The maximum absolute atomic E-state index is 14.1. The first kappa shape index (κ1) is 30.7. The van der Waals surface area contributed by atoms with Crippen LogP contribution < -0.4 is 18.9 Å². The smallest absolute Gasteiger partial charge is 0.283 e. The standard InChI is InChI=1S/C34H34N2O7S/c1-22-15-23(2)17-27(16-22)44(37,38)36-30-19-25(26-10-14-32(43-21-39-3)34(20-26)42-6)9-11-28(30)29(35-36)12-7-24-8-13-31(40-4)33(18-24)41-5/h7-20H,21H2,1-6H3. The summed E-state index contributed by atoms with van der Waals surface area (Å²) in [6.07, 6.45) is 3.65. The van der Waals surface area contributed by atoms with E-state index in [-0.39, 0.29) is 11.7 Å². The summed E-state index contributed by atoms with van der Waals surface area (Å²) >= 11 is 0. The third-order valence-corrected chi connectivity index (χ3v) is 8.63. The molecule has 1 aromatic heterocycles. The van der Waals surface area contributed by atoms with Gasteiger partial charge in [-0.15, -0.1) is 0 Å². The molecule has 0 N–H and O–H groups in total. The molecular formula is C34H34N2O7S. The number of ether oxygens (including phenoxy) is 5. The van der Waals surface area contributed by atoms with Crippen LogP contribution >= 0.6 is 0 Å². The predicted molar refractivity (Wildman–Crippen MR) is 171 cm³/mol. The van der Waals surface area contributed by atoms with E-state index in [4.69, 9.17) is 23.7 Å². The van der Waals surface area contributed by atoms with E-state index in [0.717, 1.165) is 31.9 Å². The molecule has 0 amide bonds. The van der Waals surface area contributed by atoms with Crippen molar-refractivity contribution in [1.29, 1.82) is 0 Å². The van der Waals surface area contributed by atoms with Gasteiger partial charge in [-0.2, -0.15) is 17.6 Å². The second-order valence-electron chi connectivity index (χ2n) is 10.2. The van der Waals surface area contributed by atoms with E-state index in [2.05, 4.69) is 5.10 Å². The highest BCUT2D eigenvalue weighted by Crippen LogP contribution is 2.35. The van der Waals surface area contributed by atoms with Crippen LogP contribution in [0.25, 0.3) is 34.2 Å². The fraction of sp³-hybridized carbons (Fsp3) is 0.206. The molecule has 0 saturated heterocycles. The molecule has 5 aromatic rings. The number of fused-ring (bicyclic) bond motifs is 1. The average molecular weight is 615 g/mol. The van der Waals surface area contributed by atoms with Crippen LogP contribution in [0.15, 0.2) is 77.7 Å². The molecular weight excluding hydrogens is 580 g/mol. The number of benzene rings is 4. The second-order valence-corrected chi connectivity index (χ2v) is 11.9. The summed E-state index contributed by atoms with van der Waals surface area (Å²) < 4.78 is 56.2. The molecule has 0 unspecified atom stereocenters. The summed E-state index contributed by atoms with van der Waals surface area (Å²) in [5.41, 5.74) is 5.05. The van der Waals surface area contributed by atoms with Gasteiger partial charge < -0.3 is 23.7 Å². The van der Waals surface area contributed by atoms with Crippen molar-refractivity contribution < 1.29 is 32.1 Å². The van der Waals surface area contributed by atoms with Gasteiger partial charge in [0, 0.05) is 12.5 Å². The lowest BCUT2D eigenvalue weighted by Gasteiger charge is -2.12. The molecule has 0 radical (unpaired) electrons. The molecule has 0 fully saturated rings. The lowest BCUT2D eigenvalue weighted by Crippen LogP contribution is -2.15. The topological polar surface area (TPSA) is 98.1 Å². The van der Waals surface area contributed by atoms with Crippen molar-refractivity contribution in [3.8, 4) is 34.1 Å². The lowest BCUT2D eigenvalue weighted by molar-refractivity contribution is 0.0492. The first-order valence-corrected chi connectivity index (χ1v) is 15.2. The fourth-order valence-corrected chi connectivity index (χ4v) is 6.47. The molecule has 0 aliphatic rings. The number of rotatable bonds is 11. The second kappa shape index (κ2) is 12.8. The van der Waals surface area contributed by atoms with Crippen molar-refractivity contribution in [2.24, 2.45) is 0 Å². The van der Waals surface area contributed by atoms with E-state index in [0.29, 0.717) is 39.6 Å². The van der Waals surface area contributed by atoms with Gasteiger partial charge in [-0.1, -0.05) is 30.3 Å². The Hall–Kier alpha value is -4.80. The Labute approximate surface area is 257 Å². The molecule has 228 valence electrons. The van der Waals surface area contributed by atoms with Crippen molar-refractivity contribution in [1.82, 2.24) is 9.19 Å². The fourth-order valence-electron chi connectivity index (χ4n) is 5.00. The van der Waals surface area contributed by atoms with Crippen molar-refractivity contribution in [2.45, 2.75) is 18.7 Å². The SMILES string of the molecule is COCOc1ccc(-c2ccc3c(C=Cc4ccc(OC)c(OC)c4)nn(S(=O)(=O)c4cc(C)cc(C)c4)c3c2)cc1OC. The molecule has 1 heterocycles. The summed E-state index contributed by atoms with van der Waals surface area (Å²) in [5.74, 6) is 2.25. The molecule has 0 saturated carbocycles. The van der Waals surface area contributed by atoms with Crippen molar-refractivity contribution in [3.05, 3.63) is 95.2 Å². The van der Waals surface area contributed by atoms with E-state index < -0.39 is 10.0 Å². The molecule has 0 spiro atoms. The molecule has 10 heteroatoms. The minimum atomic E-state index is -4.04. The van der Waals surface area contributed by atoms with Crippen molar-refractivity contribution >= 4 is 33.1 Å². The van der Waals surface area contributed by atoms with Crippen LogP contribution in [-0.2, 0) is 14.8 Å². The van der Waals surface area contributed by atoms with Crippen LogP contribution in [-0.4, -0.2) is 52.8 Å². The largest absolute Gasteiger partial charge is 0.493 e. The maximum atomic E-state index is 14.1. The first-order valence-electron chi connectivity index (χ1n) is 13.8. The Bertz CT molecular complexity index is 1940. The summed E-state index contributed by atoms with van der Waals surface area (Å²) in [6, 6.07) is 21.9. The van der Waals surface area contributed by atoms with E-state index in [1.54, 1.807) is 52.7 Å². The maximum Gasteiger partial charge on any atom is 0.283 e. The Morgan fingerprint density at radius 2 is 1.34 bits per heavy atom. The van der Waals surface area contributed by atoms with Gasteiger partial charge in [-0.3, -0.25) is 0 Å². The lowest BCUT2D eigenvalue weighted by atomic mass is 10.0. The molecule has 5 rings (SSSR count). The average Bonchev–Trinajstić information content (AvgIpc) is 3.40. The summed E-state index contributed by atoms with van der Waals surface area (Å²) in [4.78, 5) is 0.168. The monoisotopic (exact) mass is 614 g/mol. The molecule has 4 aromatic carbocycles. The van der Waals surface area contributed by atoms with E-state index in [9.17, 15) is 8.42 Å². The minimum absolute atomic E-state index is 0.0801. The Kier molecular flexibility index (Phi) is 8.93. The summed E-state index contributed by atoms with van der Waals surface area (Å²) in [7, 11) is 2.21. The van der Waals surface area contributed by atoms with Gasteiger partial charge in [0.25, 0.3) is 10.0 Å². The number of nitrogens with zero attached hydrogens (tertiary/aromatic N) is 2. The minimum Gasteiger partial charge on any atom is -0.493 e. The highest BCUT2D eigenvalue weighted by Gasteiger charge is 2.24. The zero-order chi connectivity index (χ0) is 31.4. The van der Waals surface area contributed by atoms with Gasteiger partial charge >= 0.3 is 0 Å². The molecule has 0 atom stereocenters. The molecule has 9 nitrogen and oxygen atoms in total. The number of methoxy groups -OCH3 is 4. The van der Waals surface area contributed by atoms with E-state index in [1.807, 2.05) is 74.5 Å². The quantitative estimate of drug-likeness (QED) is 0.151. The first-order chi connectivity index (χ1) is 21.2. The Balaban J connectivity index is 1.66. The number of hydrogen-bond acceptors (Lipinski definition) is 8. The van der Waals surface area contributed by atoms with Gasteiger partial charge in [0.1, 0.15) is 0 Å². The summed E-state index contributed by atoms with van der Waals surface area (Å²) in [6.45, 7) is 3.82. The van der Waals surface area contributed by atoms with Crippen LogP contribution in [0.4, 0.5) is 0 Å². The molecule has 0 aliphatic heterocycles. The van der Waals surface area contributed by atoms with Crippen molar-refractivity contribution in [2.75, 3.05) is 35.2 Å². The summed E-state index contributed by atoms with van der Waals surface area (Å²) in [5, 5.41) is 5.30. The number of aryl methyl sites for hydroxylation is 2. The van der Waals surface area contributed by atoms with Gasteiger partial charge in [0.2, 0.25) is 0 Å². The molecule has 44 heavy (non-hydrogen) atoms. The van der Waals surface area contributed by atoms with E-state index in [1.165, 1.54) is 0 Å². The number of aromatic nitrogens is 2. The number of hydrogen-bond donors (Lipinski definition) is 0. The third kappa shape index (κ3) is 6.13. The highest BCUT2D eigenvalue weighted by atomic mass is 32.2.